The number of nitrogens with zero attached hydrogens (tertiary/aromatic N) is 1. The van der Waals surface area contributed by atoms with E-state index < -0.39 is 17.9 Å². The van der Waals surface area contributed by atoms with Crippen LogP contribution in [0.15, 0.2) is 12.2 Å². The van der Waals surface area contributed by atoms with Crippen molar-refractivity contribution >= 4 is 17.9 Å². The van der Waals surface area contributed by atoms with Gasteiger partial charge in [-0.2, -0.15) is 0 Å². The molecule has 2 N–H and O–H groups in total. The first-order valence-electron chi connectivity index (χ1n) is 18.9. The molecule has 0 aromatic rings. The minimum Gasteiger partial charge on any atom is -0.550 e. The smallest absolute Gasteiger partial charge is 0.303 e. The monoisotopic (exact) mass is 638 g/mol. The van der Waals surface area contributed by atoms with E-state index in [1.807, 2.05) is 0 Å². The number of carboxylic acids is 3. The first-order chi connectivity index (χ1) is 21.8. The molecule has 0 heterocycles. The maximum atomic E-state index is 11.0. The number of allylic oxidation sites excluding steroid dienone is 2. The summed E-state index contributed by atoms with van der Waals surface area (Å²) in [6, 6.07) is 0. The molecule has 0 saturated heterocycles. The summed E-state index contributed by atoms with van der Waals surface area (Å²) in [5.41, 5.74) is 0. The lowest BCUT2D eigenvalue weighted by Crippen LogP contribution is -2.51. The molecule has 0 amide bonds. The van der Waals surface area contributed by atoms with Crippen LogP contribution in [0.25, 0.3) is 0 Å². The molecule has 0 atom stereocenters. The highest BCUT2D eigenvalue weighted by atomic mass is 16.4. The number of carbonyl (C=O) groups is 3. The lowest BCUT2D eigenvalue weighted by atomic mass is 10.0. The normalized spacial score (nSPS) is 11.8. The third kappa shape index (κ3) is 31.9. The maximum Gasteiger partial charge on any atom is 0.303 e. The number of hydrogen-bond acceptors (Lipinski definition) is 4. The molecule has 0 aliphatic heterocycles. The second-order valence-corrected chi connectivity index (χ2v) is 13.5. The molecule has 0 aliphatic carbocycles. The summed E-state index contributed by atoms with van der Waals surface area (Å²) >= 11 is 0. The van der Waals surface area contributed by atoms with Gasteiger partial charge in [-0.3, -0.25) is 9.59 Å². The third-order valence-corrected chi connectivity index (χ3v) is 9.18. The Morgan fingerprint density at radius 2 is 0.778 bits per heavy atom. The fourth-order valence-corrected chi connectivity index (χ4v) is 6.42. The van der Waals surface area contributed by atoms with E-state index in [-0.39, 0.29) is 19.3 Å². The number of hydrogen-bond donors (Lipinski definition) is 2. The summed E-state index contributed by atoms with van der Waals surface area (Å²) in [5, 5.41) is 29.0. The molecule has 0 aromatic carbocycles. The van der Waals surface area contributed by atoms with Gasteiger partial charge in [0, 0.05) is 18.8 Å². The van der Waals surface area contributed by atoms with Gasteiger partial charge in [-0.05, 0) is 77.0 Å². The zero-order valence-corrected chi connectivity index (χ0v) is 29.3. The van der Waals surface area contributed by atoms with Gasteiger partial charge in [-0.15, -0.1) is 0 Å². The zero-order chi connectivity index (χ0) is 33.3. The van der Waals surface area contributed by atoms with E-state index in [1.165, 1.54) is 116 Å². The van der Waals surface area contributed by atoms with Crippen molar-refractivity contribution < 1.29 is 34.2 Å². The second kappa shape index (κ2) is 32.1. The Hall–Kier alpha value is -1.89. The largest absolute Gasteiger partial charge is 0.550 e. The van der Waals surface area contributed by atoms with Crippen molar-refractivity contribution in [3.05, 3.63) is 12.2 Å². The van der Waals surface area contributed by atoms with E-state index in [0.29, 0.717) is 19.3 Å². The molecule has 0 spiro atoms. The molecule has 264 valence electrons. The molecule has 0 bridgehead atoms. The van der Waals surface area contributed by atoms with Gasteiger partial charge in [0.15, 0.2) is 0 Å². The molecule has 45 heavy (non-hydrogen) atoms. The molecular weight excluding hydrogens is 566 g/mol. The molecular formula is C38H71NO6. The number of carbonyl (C=O) groups excluding carboxylic acids is 1. The minimum atomic E-state index is -1.02. The summed E-state index contributed by atoms with van der Waals surface area (Å²) in [6.45, 7) is 5.85. The first kappa shape index (κ1) is 43.1. The number of unbranched alkanes of at least 4 members (excludes halogenated alkanes) is 20. The SMILES string of the molecule is CCC/C=C/CCCCCCCCCCCCCCCCCC[N+](CCCCC(=O)[O-])(CCCCC(=O)O)CCCCC(=O)O. The second-order valence-electron chi connectivity index (χ2n) is 13.5. The predicted octanol–water partition coefficient (Wildman–Crippen LogP) is 9.22. The maximum absolute atomic E-state index is 11.0. The molecule has 0 saturated carbocycles. The van der Waals surface area contributed by atoms with Crippen molar-refractivity contribution in [2.75, 3.05) is 26.2 Å². The summed E-state index contributed by atoms with van der Waals surface area (Å²) < 4.78 is 0.850. The topological polar surface area (TPSA) is 115 Å². The van der Waals surface area contributed by atoms with Gasteiger partial charge in [-0.1, -0.05) is 109 Å². The molecule has 0 aliphatic rings. The summed E-state index contributed by atoms with van der Waals surface area (Å²) in [4.78, 5) is 33.0. The number of aliphatic carboxylic acids is 3. The molecule has 0 fully saturated rings. The summed E-state index contributed by atoms with van der Waals surface area (Å²) in [5.74, 6) is -2.56. The van der Waals surface area contributed by atoms with Crippen LogP contribution >= 0.6 is 0 Å². The molecule has 0 radical (unpaired) electrons. The molecule has 0 rings (SSSR count). The lowest BCUT2D eigenvalue weighted by Gasteiger charge is -2.39. The lowest BCUT2D eigenvalue weighted by molar-refractivity contribution is -0.929. The van der Waals surface area contributed by atoms with E-state index >= 15 is 0 Å². The van der Waals surface area contributed by atoms with Crippen molar-refractivity contribution in [3.63, 3.8) is 0 Å². The number of quaternary nitrogens is 1. The van der Waals surface area contributed by atoms with Crippen LogP contribution in [0.3, 0.4) is 0 Å². The predicted molar refractivity (Wildman–Crippen MR) is 184 cm³/mol. The van der Waals surface area contributed by atoms with Gasteiger partial charge in [0.2, 0.25) is 0 Å². The Bertz CT molecular complexity index is 683. The quantitative estimate of drug-likeness (QED) is 0.0402. The highest BCUT2D eigenvalue weighted by Crippen LogP contribution is 2.20. The first-order valence-corrected chi connectivity index (χ1v) is 18.9. The average molecular weight is 638 g/mol. The van der Waals surface area contributed by atoms with E-state index in [2.05, 4.69) is 19.1 Å². The van der Waals surface area contributed by atoms with Crippen LogP contribution in [0, 0.1) is 0 Å². The third-order valence-electron chi connectivity index (χ3n) is 9.18. The minimum absolute atomic E-state index is 0.0652. The van der Waals surface area contributed by atoms with Crippen LogP contribution in [0.4, 0.5) is 0 Å². The van der Waals surface area contributed by atoms with Crippen molar-refractivity contribution in [2.45, 2.75) is 187 Å². The van der Waals surface area contributed by atoms with Gasteiger partial charge in [0.1, 0.15) is 0 Å². The Morgan fingerprint density at radius 3 is 1.13 bits per heavy atom. The van der Waals surface area contributed by atoms with Crippen LogP contribution in [0.1, 0.15) is 187 Å². The van der Waals surface area contributed by atoms with Crippen LogP contribution in [-0.2, 0) is 14.4 Å². The summed E-state index contributed by atoms with van der Waals surface area (Å²) in [6.07, 6.45) is 34.4. The van der Waals surface area contributed by atoms with Gasteiger partial charge in [0.05, 0.1) is 26.2 Å². The number of carboxylic acid groups (broad SMARTS) is 3. The molecule has 0 unspecified atom stereocenters. The van der Waals surface area contributed by atoms with E-state index in [4.69, 9.17) is 10.2 Å². The molecule has 0 aromatic heterocycles. The fraction of sp³-hybridized carbons (Fsp3) is 0.868. The van der Waals surface area contributed by atoms with Crippen LogP contribution < -0.4 is 5.11 Å². The van der Waals surface area contributed by atoms with Gasteiger partial charge < -0.3 is 24.6 Å². The fourth-order valence-electron chi connectivity index (χ4n) is 6.42. The van der Waals surface area contributed by atoms with E-state index in [1.54, 1.807) is 0 Å². The van der Waals surface area contributed by atoms with Crippen molar-refractivity contribution in [1.29, 1.82) is 0 Å². The highest BCUT2D eigenvalue weighted by molar-refractivity contribution is 5.66. The van der Waals surface area contributed by atoms with Crippen LogP contribution in [-0.4, -0.2) is 58.8 Å². The zero-order valence-electron chi connectivity index (χ0n) is 29.3. The van der Waals surface area contributed by atoms with Gasteiger partial charge in [0.25, 0.3) is 0 Å². The van der Waals surface area contributed by atoms with Crippen LogP contribution in [0.5, 0.6) is 0 Å². The summed E-state index contributed by atoms with van der Waals surface area (Å²) in [7, 11) is 0. The molecule has 7 heteroatoms. The van der Waals surface area contributed by atoms with Crippen molar-refractivity contribution in [2.24, 2.45) is 0 Å². The van der Waals surface area contributed by atoms with Crippen molar-refractivity contribution in [3.8, 4) is 0 Å². The van der Waals surface area contributed by atoms with E-state index in [0.717, 1.165) is 56.3 Å². The molecule has 7 nitrogen and oxygen atoms in total. The Kier molecular flexibility index (Phi) is 30.7. The average Bonchev–Trinajstić information content (AvgIpc) is 3.00. The van der Waals surface area contributed by atoms with E-state index in [9.17, 15) is 19.5 Å². The number of rotatable bonds is 36. The standard InChI is InChI=1S/C38H71NO6/c1-2-3-4-5-6-7-8-9-10-11-12-13-14-15-16-17-18-19-20-21-25-32-39(33-26-22-29-36(40)41,34-27-23-30-37(42)43)35-28-24-31-38(44)45/h4-5H,2-3,6-35H2,1H3,(H2-,40,41,42,43,44,45)/b5-4+. The Morgan fingerprint density at radius 1 is 0.467 bits per heavy atom. The van der Waals surface area contributed by atoms with Crippen LogP contribution in [0.2, 0.25) is 0 Å². The highest BCUT2D eigenvalue weighted by Gasteiger charge is 2.26. The Labute approximate surface area is 276 Å². The van der Waals surface area contributed by atoms with Crippen molar-refractivity contribution in [1.82, 2.24) is 0 Å². The Balaban J connectivity index is 4.17. The van der Waals surface area contributed by atoms with Gasteiger partial charge in [-0.25, -0.2) is 0 Å². The van der Waals surface area contributed by atoms with Gasteiger partial charge >= 0.3 is 11.9 Å².